The van der Waals surface area contributed by atoms with Gasteiger partial charge in [0, 0.05) is 20.0 Å². The maximum absolute atomic E-state index is 12.3. The monoisotopic (exact) mass is 226 g/mol. The van der Waals surface area contributed by atoms with E-state index in [9.17, 15) is 9.59 Å². The number of hydrazine groups is 1. The van der Waals surface area contributed by atoms with E-state index in [-0.39, 0.29) is 18.0 Å². The van der Waals surface area contributed by atoms with Crippen molar-refractivity contribution in [3.8, 4) is 0 Å². The fourth-order valence-electron chi connectivity index (χ4n) is 2.63. The molecule has 16 heavy (non-hydrogen) atoms. The van der Waals surface area contributed by atoms with Crippen LogP contribution in [0.2, 0.25) is 0 Å². The molecule has 0 radical (unpaired) electrons. The third-order valence-corrected chi connectivity index (χ3v) is 3.52. The Kier molecular flexibility index (Phi) is 3.25. The maximum atomic E-state index is 12.3. The van der Waals surface area contributed by atoms with Crippen LogP contribution in [0.3, 0.4) is 0 Å². The zero-order chi connectivity index (χ0) is 11.7. The summed E-state index contributed by atoms with van der Waals surface area (Å²) >= 11 is 0. The fraction of sp³-hybridized carbons (Fsp3) is 0.818. The van der Waals surface area contributed by atoms with Crippen molar-refractivity contribution in [3.05, 3.63) is 0 Å². The highest BCUT2D eigenvalue weighted by Crippen LogP contribution is 2.24. The van der Waals surface area contributed by atoms with E-state index in [4.69, 9.17) is 0 Å². The van der Waals surface area contributed by atoms with Crippen LogP contribution < -0.4 is 5.32 Å². The summed E-state index contributed by atoms with van der Waals surface area (Å²) in [5.41, 5.74) is 0. The first-order chi connectivity index (χ1) is 7.65. The molecule has 2 N–H and O–H groups in total. The number of likely N-dealkylation sites (N-methyl/N-ethyl adjacent to an activating group) is 1. The fourth-order valence-corrected chi connectivity index (χ4v) is 2.63. The average molecular weight is 226 g/mol. The maximum Gasteiger partial charge on any atom is 0.313 e. The second-order valence-electron chi connectivity index (χ2n) is 4.57. The Labute approximate surface area is 95.7 Å². The van der Waals surface area contributed by atoms with E-state index in [1.54, 1.807) is 11.9 Å². The van der Waals surface area contributed by atoms with Gasteiger partial charge in [0.2, 0.25) is 0 Å². The molecule has 2 heterocycles. The van der Waals surface area contributed by atoms with Gasteiger partial charge in [0.05, 0.1) is 6.04 Å². The van der Waals surface area contributed by atoms with E-state index in [0.717, 1.165) is 32.4 Å². The van der Waals surface area contributed by atoms with Gasteiger partial charge >= 0.3 is 5.78 Å². The molecular formula is C11H20N3O2+. The van der Waals surface area contributed by atoms with Crippen LogP contribution in [0.15, 0.2) is 0 Å². The van der Waals surface area contributed by atoms with Crippen LogP contribution in [-0.2, 0) is 4.79 Å². The quantitative estimate of drug-likeness (QED) is 0.661. The summed E-state index contributed by atoms with van der Waals surface area (Å²) in [6.45, 7) is 3.46. The Morgan fingerprint density at radius 3 is 2.81 bits per heavy atom. The van der Waals surface area contributed by atoms with Crippen LogP contribution in [-0.4, -0.2) is 58.7 Å². The Balaban J connectivity index is 2.22. The number of fused-ring (bicyclic) bond motifs is 1. The summed E-state index contributed by atoms with van der Waals surface area (Å²) in [6.07, 6.45) is 2.73. The topological polar surface area (TPSA) is 57.0 Å². The lowest BCUT2D eigenvalue weighted by Crippen LogP contribution is -2.52. The molecule has 0 bridgehead atoms. The van der Waals surface area contributed by atoms with Crippen LogP contribution in [0, 0.1) is 0 Å². The highest BCUT2D eigenvalue weighted by molar-refractivity contribution is 5.90. The smallest absolute Gasteiger partial charge is 0.309 e. The van der Waals surface area contributed by atoms with Crippen LogP contribution in [0.25, 0.3) is 0 Å². The number of nitrogens with zero attached hydrogens (tertiary/aromatic N) is 2. The first-order valence-electron chi connectivity index (χ1n) is 5.92. The van der Waals surface area contributed by atoms with Gasteiger partial charge in [-0.1, -0.05) is 0 Å². The van der Waals surface area contributed by atoms with Crippen LogP contribution in [0.1, 0.15) is 26.2 Å². The normalized spacial score (nSPS) is 31.4. The third kappa shape index (κ3) is 1.85. The Hall–Kier alpha value is -0.940. The van der Waals surface area contributed by atoms with Crippen molar-refractivity contribution in [3.63, 3.8) is 0 Å². The minimum atomic E-state index is -0.124. The van der Waals surface area contributed by atoms with Crippen molar-refractivity contribution >= 4 is 11.7 Å². The minimum Gasteiger partial charge on any atom is -0.309 e. The zero-order valence-electron chi connectivity index (χ0n) is 9.94. The SMILES string of the molecule is CN[C@H]1CCCN2CCC(C(C)=[OH+])N2C1=O. The number of rotatable bonds is 2. The number of carbonyl (C=O) groups is 1. The molecule has 1 unspecified atom stereocenters. The molecule has 2 atom stereocenters. The molecule has 2 fully saturated rings. The van der Waals surface area contributed by atoms with E-state index in [1.165, 1.54) is 0 Å². The van der Waals surface area contributed by atoms with Gasteiger partial charge in [-0.05, 0) is 26.3 Å². The number of carbonyl (C=O) groups excluding carboxylic acids is 2. The molecular weight excluding hydrogens is 206 g/mol. The number of hydrogen-bond donors (Lipinski definition) is 1. The first kappa shape index (κ1) is 11.5. The Morgan fingerprint density at radius 2 is 2.19 bits per heavy atom. The van der Waals surface area contributed by atoms with E-state index >= 15 is 0 Å². The summed E-state index contributed by atoms with van der Waals surface area (Å²) in [4.78, 5) is 21.9. The third-order valence-electron chi connectivity index (χ3n) is 3.52. The van der Waals surface area contributed by atoms with Gasteiger partial charge in [0.25, 0.3) is 5.91 Å². The molecule has 0 saturated carbocycles. The van der Waals surface area contributed by atoms with Gasteiger partial charge in [0.1, 0.15) is 0 Å². The number of hydrogen-bond acceptors (Lipinski definition) is 3. The summed E-state index contributed by atoms with van der Waals surface area (Å²) in [7, 11) is 1.82. The predicted octanol–water partition coefficient (Wildman–Crippen LogP) is -0.249. The largest absolute Gasteiger partial charge is 0.313 e. The van der Waals surface area contributed by atoms with Crippen molar-refractivity contribution < 1.29 is 9.59 Å². The summed E-state index contributed by atoms with van der Waals surface area (Å²) < 4.78 is 0. The second kappa shape index (κ2) is 4.51. The highest BCUT2D eigenvalue weighted by atomic mass is 16.2. The Bertz CT molecular complexity index is 306. The number of ketones is 1. The second-order valence-corrected chi connectivity index (χ2v) is 4.57. The van der Waals surface area contributed by atoms with Gasteiger partial charge in [-0.2, -0.15) is 0 Å². The Morgan fingerprint density at radius 1 is 1.44 bits per heavy atom. The van der Waals surface area contributed by atoms with Crippen molar-refractivity contribution in [1.29, 1.82) is 0 Å². The van der Waals surface area contributed by atoms with Crippen LogP contribution in [0.4, 0.5) is 0 Å². The summed E-state index contributed by atoms with van der Waals surface area (Å²) in [5, 5.41) is 6.88. The first-order valence-corrected chi connectivity index (χ1v) is 5.92. The minimum absolute atomic E-state index is 0.0934. The molecule has 0 aromatic carbocycles. The highest BCUT2D eigenvalue weighted by Gasteiger charge is 2.43. The molecule has 0 spiro atoms. The van der Waals surface area contributed by atoms with Crippen molar-refractivity contribution in [1.82, 2.24) is 15.3 Å². The van der Waals surface area contributed by atoms with Gasteiger partial charge < -0.3 is 5.32 Å². The van der Waals surface area contributed by atoms with Gasteiger partial charge in [-0.25, -0.2) is 5.01 Å². The average Bonchev–Trinajstić information content (AvgIpc) is 2.61. The lowest BCUT2D eigenvalue weighted by Gasteiger charge is -2.29. The van der Waals surface area contributed by atoms with Crippen LogP contribution >= 0.6 is 0 Å². The molecule has 2 saturated heterocycles. The van der Waals surface area contributed by atoms with E-state index in [2.05, 4.69) is 10.3 Å². The van der Waals surface area contributed by atoms with E-state index < -0.39 is 0 Å². The number of nitrogens with one attached hydrogen (secondary N) is 1. The van der Waals surface area contributed by atoms with Crippen molar-refractivity contribution in [2.45, 2.75) is 38.3 Å². The van der Waals surface area contributed by atoms with Crippen molar-refractivity contribution in [2.75, 3.05) is 20.1 Å². The van der Waals surface area contributed by atoms with E-state index in [1.807, 2.05) is 7.05 Å². The molecule has 2 aliphatic rings. The molecule has 0 aromatic rings. The molecule has 2 aliphatic heterocycles. The molecule has 5 heteroatoms. The van der Waals surface area contributed by atoms with Gasteiger partial charge in [-0.15, -0.1) is 0 Å². The molecule has 2 rings (SSSR count). The molecule has 0 aromatic heterocycles. The van der Waals surface area contributed by atoms with Crippen LogP contribution in [0.5, 0.6) is 0 Å². The molecule has 5 nitrogen and oxygen atoms in total. The standard InChI is InChI=1S/C11H19N3O2/c1-8(15)10-5-7-13-6-3-4-9(12-2)11(16)14(10)13/h9-10,12H,3-7H2,1-2H3/p+1/t9-,10?/m0/s1. The lowest BCUT2D eigenvalue weighted by atomic mass is 10.1. The molecule has 1 amide bonds. The summed E-state index contributed by atoms with van der Waals surface area (Å²) in [5.74, 6) is 0.434. The lowest BCUT2D eigenvalue weighted by molar-refractivity contribution is -0.145. The number of amides is 1. The molecule has 90 valence electrons. The summed E-state index contributed by atoms with van der Waals surface area (Å²) in [6, 6.07) is -0.230. The van der Waals surface area contributed by atoms with E-state index in [0.29, 0.717) is 5.78 Å². The zero-order valence-corrected chi connectivity index (χ0v) is 9.94. The van der Waals surface area contributed by atoms with Crippen molar-refractivity contribution in [2.24, 2.45) is 0 Å². The molecule has 0 aliphatic carbocycles. The van der Waals surface area contributed by atoms with Gasteiger partial charge in [-0.3, -0.25) is 14.6 Å². The predicted molar refractivity (Wildman–Crippen MR) is 61.5 cm³/mol. The van der Waals surface area contributed by atoms with Gasteiger partial charge in [0.15, 0.2) is 6.04 Å².